The van der Waals surface area contributed by atoms with Gasteiger partial charge in [0.15, 0.2) is 5.76 Å². The number of amides is 1. The molecule has 0 spiro atoms. The third-order valence-corrected chi connectivity index (χ3v) is 5.01. The number of benzene rings is 1. The SMILES string of the molecule is CSC1CCCC1NC(=O)c1cc2cc(N)ccc2o1. The van der Waals surface area contributed by atoms with E-state index in [1.165, 1.54) is 12.8 Å². The predicted molar refractivity (Wildman–Crippen MR) is 83.0 cm³/mol. The molecule has 2 unspecified atom stereocenters. The van der Waals surface area contributed by atoms with Gasteiger partial charge in [0, 0.05) is 22.4 Å². The monoisotopic (exact) mass is 290 g/mol. The summed E-state index contributed by atoms with van der Waals surface area (Å²) >= 11 is 1.82. The maximum atomic E-state index is 12.3. The molecule has 0 aliphatic heterocycles. The Labute approximate surface area is 122 Å². The van der Waals surface area contributed by atoms with E-state index in [-0.39, 0.29) is 11.9 Å². The minimum atomic E-state index is -0.134. The van der Waals surface area contributed by atoms with Gasteiger partial charge in [-0.05, 0) is 43.4 Å². The van der Waals surface area contributed by atoms with Crippen LogP contribution in [0.2, 0.25) is 0 Å². The van der Waals surface area contributed by atoms with Crippen LogP contribution < -0.4 is 11.1 Å². The summed E-state index contributed by atoms with van der Waals surface area (Å²) in [4.78, 5) is 12.3. The number of nitrogens with two attached hydrogens (primary N) is 1. The van der Waals surface area contributed by atoms with Gasteiger partial charge in [0.1, 0.15) is 5.58 Å². The van der Waals surface area contributed by atoms with Gasteiger partial charge in [0.2, 0.25) is 0 Å². The van der Waals surface area contributed by atoms with Gasteiger partial charge in [-0.2, -0.15) is 11.8 Å². The summed E-state index contributed by atoms with van der Waals surface area (Å²) in [6, 6.07) is 7.38. The zero-order chi connectivity index (χ0) is 14.1. The fourth-order valence-corrected chi connectivity index (χ4v) is 3.72. The van der Waals surface area contributed by atoms with Crippen LogP contribution in [0.25, 0.3) is 11.0 Å². The topological polar surface area (TPSA) is 68.3 Å². The lowest BCUT2D eigenvalue weighted by Crippen LogP contribution is -2.38. The molecule has 1 aromatic heterocycles. The fraction of sp³-hybridized carbons (Fsp3) is 0.400. The molecule has 2 aromatic rings. The Hall–Kier alpha value is -1.62. The lowest BCUT2D eigenvalue weighted by Gasteiger charge is -2.18. The van der Waals surface area contributed by atoms with Crippen molar-refractivity contribution in [3.05, 3.63) is 30.0 Å². The second-order valence-electron chi connectivity index (χ2n) is 5.19. The Balaban J connectivity index is 1.78. The second-order valence-corrected chi connectivity index (χ2v) is 6.27. The third kappa shape index (κ3) is 2.50. The summed E-state index contributed by atoms with van der Waals surface area (Å²) in [6.45, 7) is 0. The van der Waals surface area contributed by atoms with E-state index in [1.807, 2.05) is 17.8 Å². The minimum Gasteiger partial charge on any atom is -0.451 e. The molecule has 106 valence electrons. The van der Waals surface area contributed by atoms with E-state index in [0.29, 0.717) is 22.3 Å². The maximum absolute atomic E-state index is 12.3. The van der Waals surface area contributed by atoms with Gasteiger partial charge in [-0.3, -0.25) is 4.79 Å². The molecule has 1 amide bonds. The van der Waals surface area contributed by atoms with E-state index in [1.54, 1.807) is 18.2 Å². The van der Waals surface area contributed by atoms with Crippen LogP contribution in [-0.4, -0.2) is 23.5 Å². The number of nitrogens with one attached hydrogen (secondary N) is 1. The van der Waals surface area contributed by atoms with Crippen molar-refractivity contribution in [1.29, 1.82) is 0 Å². The molecule has 0 radical (unpaired) electrons. The number of hydrogen-bond donors (Lipinski definition) is 2. The zero-order valence-corrected chi connectivity index (χ0v) is 12.2. The van der Waals surface area contributed by atoms with E-state index in [4.69, 9.17) is 10.2 Å². The van der Waals surface area contributed by atoms with Crippen LogP contribution in [-0.2, 0) is 0 Å². The normalized spacial score (nSPS) is 22.2. The summed E-state index contributed by atoms with van der Waals surface area (Å²) in [5, 5.41) is 4.46. The molecular weight excluding hydrogens is 272 g/mol. The van der Waals surface area contributed by atoms with Crippen LogP contribution in [0.3, 0.4) is 0 Å². The lowest BCUT2D eigenvalue weighted by molar-refractivity contribution is 0.0913. The first kappa shape index (κ1) is 13.4. The number of hydrogen-bond acceptors (Lipinski definition) is 4. The minimum absolute atomic E-state index is 0.134. The van der Waals surface area contributed by atoms with Crippen LogP contribution in [0.15, 0.2) is 28.7 Å². The van der Waals surface area contributed by atoms with Crippen molar-refractivity contribution in [2.45, 2.75) is 30.6 Å². The quantitative estimate of drug-likeness (QED) is 0.853. The maximum Gasteiger partial charge on any atom is 0.287 e. The number of nitrogen functional groups attached to an aromatic ring is 1. The molecule has 1 aromatic carbocycles. The number of furan rings is 1. The summed E-state index contributed by atoms with van der Waals surface area (Å²) in [7, 11) is 0. The Kier molecular flexibility index (Phi) is 3.61. The van der Waals surface area contributed by atoms with Gasteiger partial charge < -0.3 is 15.5 Å². The van der Waals surface area contributed by atoms with Crippen LogP contribution in [0.5, 0.6) is 0 Å². The van der Waals surface area contributed by atoms with Gasteiger partial charge in [0.25, 0.3) is 5.91 Å². The van der Waals surface area contributed by atoms with Crippen molar-refractivity contribution in [3.8, 4) is 0 Å². The molecule has 1 fully saturated rings. The molecule has 1 heterocycles. The highest BCUT2D eigenvalue weighted by molar-refractivity contribution is 7.99. The Bertz CT molecular complexity index is 638. The Morgan fingerprint density at radius 1 is 1.40 bits per heavy atom. The molecule has 1 saturated carbocycles. The number of thioether (sulfide) groups is 1. The molecule has 1 aliphatic carbocycles. The molecular formula is C15H18N2O2S. The smallest absolute Gasteiger partial charge is 0.287 e. The first-order chi connectivity index (χ1) is 9.67. The van der Waals surface area contributed by atoms with Crippen molar-refractivity contribution in [1.82, 2.24) is 5.32 Å². The van der Waals surface area contributed by atoms with Gasteiger partial charge >= 0.3 is 0 Å². The van der Waals surface area contributed by atoms with Crippen molar-refractivity contribution >= 4 is 34.3 Å². The van der Waals surface area contributed by atoms with E-state index in [9.17, 15) is 4.79 Å². The zero-order valence-electron chi connectivity index (χ0n) is 11.4. The Morgan fingerprint density at radius 2 is 2.25 bits per heavy atom. The Morgan fingerprint density at radius 3 is 3.05 bits per heavy atom. The number of fused-ring (bicyclic) bond motifs is 1. The average molecular weight is 290 g/mol. The predicted octanol–water partition coefficient (Wildman–Crippen LogP) is 3.03. The summed E-state index contributed by atoms with van der Waals surface area (Å²) in [5.41, 5.74) is 7.09. The highest BCUT2D eigenvalue weighted by Crippen LogP contribution is 2.29. The second kappa shape index (κ2) is 5.40. The molecule has 1 aliphatic rings. The third-order valence-electron chi connectivity index (χ3n) is 3.84. The molecule has 4 nitrogen and oxygen atoms in total. The standard InChI is InChI=1S/C15H18N2O2S/c1-20-14-4-2-3-11(14)17-15(18)13-8-9-7-10(16)5-6-12(9)19-13/h5-8,11,14H,2-4,16H2,1H3,(H,17,18). The van der Waals surface area contributed by atoms with Gasteiger partial charge in [-0.1, -0.05) is 6.42 Å². The number of rotatable bonds is 3. The molecule has 3 N–H and O–H groups in total. The first-order valence-electron chi connectivity index (χ1n) is 6.80. The molecule has 0 saturated heterocycles. The van der Waals surface area contributed by atoms with Crippen LogP contribution in [0.1, 0.15) is 29.8 Å². The van der Waals surface area contributed by atoms with Crippen molar-refractivity contribution in [3.63, 3.8) is 0 Å². The van der Waals surface area contributed by atoms with Crippen LogP contribution in [0.4, 0.5) is 5.69 Å². The molecule has 2 atom stereocenters. The van der Waals surface area contributed by atoms with Gasteiger partial charge in [-0.15, -0.1) is 0 Å². The van der Waals surface area contributed by atoms with Gasteiger partial charge in [0.05, 0.1) is 0 Å². The van der Waals surface area contributed by atoms with Gasteiger partial charge in [-0.25, -0.2) is 0 Å². The summed E-state index contributed by atoms with van der Waals surface area (Å²) in [6.07, 6.45) is 5.49. The largest absolute Gasteiger partial charge is 0.451 e. The molecule has 0 bridgehead atoms. The van der Waals surface area contributed by atoms with E-state index in [0.717, 1.165) is 11.8 Å². The summed E-state index contributed by atoms with van der Waals surface area (Å²) in [5.74, 6) is 0.225. The number of carbonyl (C=O) groups is 1. The first-order valence-corrected chi connectivity index (χ1v) is 8.09. The molecule has 5 heteroatoms. The fourth-order valence-electron chi connectivity index (χ4n) is 2.79. The lowest BCUT2D eigenvalue weighted by atomic mass is 10.2. The van der Waals surface area contributed by atoms with E-state index in [2.05, 4.69) is 11.6 Å². The van der Waals surface area contributed by atoms with Crippen molar-refractivity contribution in [2.24, 2.45) is 0 Å². The van der Waals surface area contributed by atoms with Crippen LogP contribution in [0, 0.1) is 0 Å². The summed E-state index contributed by atoms with van der Waals surface area (Å²) < 4.78 is 5.59. The average Bonchev–Trinajstić information content (AvgIpc) is 3.04. The van der Waals surface area contributed by atoms with E-state index < -0.39 is 0 Å². The highest BCUT2D eigenvalue weighted by Gasteiger charge is 2.28. The van der Waals surface area contributed by atoms with E-state index >= 15 is 0 Å². The van der Waals surface area contributed by atoms with Crippen molar-refractivity contribution < 1.29 is 9.21 Å². The molecule has 20 heavy (non-hydrogen) atoms. The highest BCUT2D eigenvalue weighted by atomic mass is 32.2. The van der Waals surface area contributed by atoms with Crippen LogP contribution >= 0.6 is 11.8 Å². The van der Waals surface area contributed by atoms with Crippen molar-refractivity contribution in [2.75, 3.05) is 12.0 Å². The number of anilines is 1. The molecule has 3 rings (SSSR count). The number of carbonyl (C=O) groups excluding carboxylic acids is 1.